The summed E-state index contributed by atoms with van der Waals surface area (Å²) >= 11 is 0. The largest absolute Gasteiger partial charge is 0.756 e. The zero-order valence-electron chi connectivity index (χ0n) is 41.6. The van der Waals surface area contributed by atoms with Gasteiger partial charge in [0.05, 0.1) is 39.9 Å². The second-order valence-electron chi connectivity index (χ2n) is 19.2. The van der Waals surface area contributed by atoms with Crippen molar-refractivity contribution in [3.8, 4) is 0 Å². The first kappa shape index (κ1) is 60.7. The molecule has 0 bridgehead atoms. The van der Waals surface area contributed by atoms with Crippen molar-refractivity contribution in [3.05, 3.63) is 36.5 Å². The number of hydrogen-bond donors (Lipinski definition) is 2. The molecule has 0 fully saturated rings. The lowest BCUT2D eigenvalue weighted by Crippen LogP contribution is -2.45. The molecule has 366 valence electrons. The van der Waals surface area contributed by atoms with Crippen molar-refractivity contribution in [3.63, 3.8) is 0 Å². The summed E-state index contributed by atoms with van der Waals surface area (Å²) in [4.78, 5) is 25.4. The van der Waals surface area contributed by atoms with E-state index in [9.17, 15) is 19.4 Å². The molecule has 0 rings (SSSR count). The topological polar surface area (TPSA) is 108 Å². The lowest BCUT2D eigenvalue weighted by atomic mass is 10.0. The molecule has 0 radical (unpaired) electrons. The molecule has 3 unspecified atom stereocenters. The molecule has 9 heteroatoms. The SMILES string of the molecule is CCCCCCCCCCC/C=C\C/C=C\CCCCCCCCCCCCCC(=O)NC(COP(=O)([O-])OCC[N+](C)(C)C)C(O)/C=C/CCCCCCCCCCCCC. The minimum absolute atomic E-state index is 0.00119. The van der Waals surface area contributed by atoms with Crippen LogP contribution in [0.1, 0.15) is 245 Å². The van der Waals surface area contributed by atoms with Crippen molar-refractivity contribution in [2.45, 2.75) is 257 Å². The van der Waals surface area contributed by atoms with E-state index in [2.05, 4.69) is 43.5 Å². The van der Waals surface area contributed by atoms with Gasteiger partial charge in [0.2, 0.25) is 5.91 Å². The third-order valence-corrected chi connectivity index (χ3v) is 12.8. The molecule has 8 nitrogen and oxygen atoms in total. The smallest absolute Gasteiger partial charge is 0.268 e. The number of aliphatic hydroxyl groups is 1. The fraction of sp³-hybridized carbons (Fsp3) is 0.868. The number of phosphoric ester groups is 1. The van der Waals surface area contributed by atoms with Crippen LogP contribution in [0, 0.1) is 0 Å². The van der Waals surface area contributed by atoms with E-state index in [1.165, 1.54) is 180 Å². The molecule has 0 spiro atoms. The van der Waals surface area contributed by atoms with Gasteiger partial charge in [-0.25, -0.2) is 0 Å². The molecule has 0 aliphatic rings. The summed E-state index contributed by atoms with van der Waals surface area (Å²) in [7, 11) is 1.26. The predicted molar refractivity (Wildman–Crippen MR) is 265 cm³/mol. The molecule has 0 aromatic heterocycles. The van der Waals surface area contributed by atoms with Gasteiger partial charge in [0.1, 0.15) is 13.2 Å². The summed E-state index contributed by atoms with van der Waals surface area (Å²) < 4.78 is 23.3. The Bertz CT molecular complexity index is 1110. The fourth-order valence-electron chi connectivity index (χ4n) is 7.65. The first-order valence-electron chi connectivity index (χ1n) is 26.4. The number of carbonyl (C=O) groups is 1. The highest BCUT2D eigenvalue weighted by atomic mass is 31.2. The van der Waals surface area contributed by atoms with Gasteiger partial charge in [-0.15, -0.1) is 0 Å². The number of nitrogens with one attached hydrogen (secondary N) is 1. The zero-order valence-corrected chi connectivity index (χ0v) is 42.5. The first-order valence-corrected chi connectivity index (χ1v) is 27.8. The molecule has 3 atom stereocenters. The Kier molecular flexibility index (Phi) is 44.0. The van der Waals surface area contributed by atoms with Crippen LogP contribution in [0.5, 0.6) is 0 Å². The van der Waals surface area contributed by atoms with Crippen LogP contribution < -0.4 is 10.2 Å². The number of aliphatic hydroxyl groups excluding tert-OH is 1. The standard InChI is InChI=1S/C53H103N2O6P/c1-6-8-10-12-14-16-18-20-21-22-23-24-25-26-27-28-29-30-31-32-33-35-37-39-41-43-45-47-53(57)54-51(50-61-62(58,59)60-49-48-55(3,4)5)52(56)46-44-42-40-38-36-34-19-17-15-13-11-9-7-2/h23-24,26-27,44,46,51-52,56H,6-22,25,28-43,45,47-50H2,1-5H3,(H-,54,57,58,59)/b24-23-,27-26-,46-44+. The molecular formula is C53H103N2O6P. The van der Waals surface area contributed by atoms with E-state index in [0.717, 1.165) is 44.9 Å². The lowest BCUT2D eigenvalue weighted by Gasteiger charge is -2.29. The first-order chi connectivity index (χ1) is 30.0. The second-order valence-corrected chi connectivity index (χ2v) is 20.6. The van der Waals surface area contributed by atoms with Crippen LogP contribution in [0.2, 0.25) is 0 Å². The second kappa shape index (κ2) is 44.9. The third-order valence-electron chi connectivity index (χ3n) is 11.8. The Morgan fingerprint density at radius 2 is 0.935 bits per heavy atom. The van der Waals surface area contributed by atoms with Crippen molar-refractivity contribution >= 4 is 13.7 Å². The van der Waals surface area contributed by atoms with Gasteiger partial charge in [-0.3, -0.25) is 9.36 Å². The van der Waals surface area contributed by atoms with Crippen LogP contribution in [-0.4, -0.2) is 68.5 Å². The van der Waals surface area contributed by atoms with Crippen LogP contribution >= 0.6 is 7.82 Å². The molecule has 62 heavy (non-hydrogen) atoms. The number of likely N-dealkylation sites (N-methyl/N-ethyl adjacent to an activating group) is 1. The lowest BCUT2D eigenvalue weighted by molar-refractivity contribution is -0.870. The van der Waals surface area contributed by atoms with Gasteiger partial charge >= 0.3 is 0 Å². The van der Waals surface area contributed by atoms with Crippen molar-refractivity contribution in [1.82, 2.24) is 5.32 Å². The maximum absolute atomic E-state index is 12.9. The molecule has 0 aromatic rings. The van der Waals surface area contributed by atoms with Crippen molar-refractivity contribution in [2.75, 3.05) is 40.9 Å². The molecule has 0 saturated heterocycles. The zero-order chi connectivity index (χ0) is 45.7. The van der Waals surface area contributed by atoms with E-state index < -0.39 is 20.0 Å². The molecular weight excluding hydrogens is 792 g/mol. The van der Waals surface area contributed by atoms with Gasteiger partial charge in [-0.05, 0) is 51.4 Å². The number of allylic oxidation sites excluding steroid dienone is 5. The number of unbranched alkanes of at least 4 members (excludes halogenated alkanes) is 31. The van der Waals surface area contributed by atoms with Gasteiger partial charge < -0.3 is 28.8 Å². The number of phosphoric acid groups is 1. The van der Waals surface area contributed by atoms with E-state index in [-0.39, 0.29) is 19.1 Å². The monoisotopic (exact) mass is 895 g/mol. The van der Waals surface area contributed by atoms with E-state index in [1.54, 1.807) is 6.08 Å². The minimum Gasteiger partial charge on any atom is -0.756 e. The van der Waals surface area contributed by atoms with Crippen LogP contribution in [0.15, 0.2) is 36.5 Å². The van der Waals surface area contributed by atoms with Crippen molar-refractivity contribution < 1.29 is 32.9 Å². The van der Waals surface area contributed by atoms with E-state index >= 15 is 0 Å². The molecule has 0 saturated carbocycles. The normalized spacial score (nSPS) is 14.4. The Morgan fingerprint density at radius 1 is 0.565 bits per heavy atom. The van der Waals surface area contributed by atoms with E-state index in [1.807, 2.05) is 27.2 Å². The highest BCUT2D eigenvalue weighted by Crippen LogP contribution is 2.38. The molecule has 1 amide bonds. The van der Waals surface area contributed by atoms with Crippen molar-refractivity contribution in [1.29, 1.82) is 0 Å². The van der Waals surface area contributed by atoms with Gasteiger partial charge in [-0.2, -0.15) is 0 Å². The summed E-state index contributed by atoms with van der Waals surface area (Å²) in [5.41, 5.74) is 0. The number of hydrogen-bond acceptors (Lipinski definition) is 6. The molecule has 2 N–H and O–H groups in total. The number of carbonyl (C=O) groups excluding carboxylic acids is 1. The Balaban J connectivity index is 4.17. The quantitative estimate of drug-likeness (QED) is 0.0273. The van der Waals surface area contributed by atoms with Crippen LogP contribution in [0.3, 0.4) is 0 Å². The predicted octanol–water partition coefficient (Wildman–Crippen LogP) is 14.8. The Hall–Kier alpha value is -1.28. The average molecular weight is 895 g/mol. The highest BCUT2D eigenvalue weighted by Gasteiger charge is 2.23. The molecule has 0 heterocycles. The Morgan fingerprint density at radius 3 is 1.34 bits per heavy atom. The fourth-order valence-corrected chi connectivity index (χ4v) is 8.38. The maximum atomic E-state index is 12.9. The van der Waals surface area contributed by atoms with Crippen LogP contribution in [-0.2, 0) is 18.4 Å². The van der Waals surface area contributed by atoms with Gasteiger partial charge in [0, 0.05) is 6.42 Å². The minimum atomic E-state index is -4.59. The molecule has 0 aliphatic heterocycles. The maximum Gasteiger partial charge on any atom is 0.268 e. The highest BCUT2D eigenvalue weighted by molar-refractivity contribution is 7.45. The summed E-state index contributed by atoms with van der Waals surface area (Å²) in [5, 5.41) is 13.8. The van der Waals surface area contributed by atoms with Gasteiger partial charge in [0.25, 0.3) is 7.82 Å². The number of nitrogens with zero attached hydrogens (tertiary/aromatic N) is 1. The summed E-state index contributed by atoms with van der Waals surface area (Å²) in [6.45, 7) is 4.65. The van der Waals surface area contributed by atoms with E-state index in [4.69, 9.17) is 9.05 Å². The molecule has 0 aliphatic carbocycles. The van der Waals surface area contributed by atoms with Gasteiger partial charge in [0.15, 0.2) is 0 Å². The summed E-state index contributed by atoms with van der Waals surface area (Å²) in [6, 6.07) is -0.886. The number of quaternary nitrogens is 1. The summed E-state index contributed by atoms with van der Waals surface area (Å²) in [5.74, 6) is -0.199. The number of amides is 1. The van der Waals surface area contributed by atoms with Gasteiger partial charge in [-0.1, -0.05) is 224 Å². The Labute approximate surface area is 385 Å². The number of rotatable bonds is 48. The third kappa shape index (κ3) is 46.7. The molecule has 0 aromatic carbocycles. The van der Waals surface area contributed by atoms with E-state index in [0.29, 0.717) is 17.4 Å². The average Bonchev–Trinajstić information content (AvgIpc) is 3.23. The van der Waals surface area contributed by atoms with Crippen LogP contribution in [0.25, 0.3) is 0 Å². The van der Waals surface area contributed by atoms with Crippen LogP contribution in [0.4, 0.5) is 0 Å². The van der Waals surface area contributed by atoms with Crippen molar-refractivity contribution in [2.24, 2.45) is 0 Å². The summed E-state index contributed by atoms with van der Waals surface area (Å²) in [6.07, 6.45) is 56.4.